The van der Waals surface area contributed by atoms with Crippen molar-refractivity contribution in [1.29, 1.82) is 0 Å². The molecule has 0 aliphatic carbocycles. The molecule has 0 aliphatic heterocycles. The summed E-state index contributed by atoms with van der Waals surface area (Å²) in [5.74, 6) is 0.314. The van der Waals surface area contributed by atoms with E-state index in [0.29, 0.717) is 18.7 Å². The fraction of sp³-hybridized carbons (Fsp3) is 0.500. The molecule has 0 unspecified atom stereocenters. The van der Waals surface area contributed by atoms with Crippen molar-refractivity contribution in [2.45, 2.75) is 85.4 Å². The van der Waals surface area contributed by atoms with Gasteiger partial charge in [0.25, 0.3) is 5.91 Å². The Morgan fingerprint density at radius 2 is 1.70 bits per heavy atom. The van der Waals surface area contributed by atoms with E-state index in [1.807, 2.05) is 76.2 Å². The molecule has 2 atom stereocenters. The molecule has 5 nitrogen and oxygen atoms in total. The molecule has 0 heterocycles. The molecule has 5 heteroatoms. The molecular weight excluding hydrogens is 412 g/mol. The predicted octanol–water partition coefficient (Wildman–Crippen LogP) is 5.39. The van der Waals surface area contributed by atoms with Gasteiger partial charge < -0.3 is 15.0 Å². The Bertz CT molecular complexity index is 915. The van der Waals surface area contributed by atoms with Crippen LogP contribution in [0, 0.1) is 6.92 Å². The van der Waals surface area contributed by atoms with Gasteiger partial charge in [-0.15, -0.1) is 0 Å². The summed E-state index contributed by atoms with van der Waals surface area (Å²) in [5, 5.41) is 3.03. The lowest BCUT2D eigenvalue weighted by molar-refractivity contribution is -0.143. The molecule has 2 amide bonds. The van der Waals surface area contributed by atoms with E-state index in [9.17, 15) is 9.59 Å². The van der Waals surface area contributed by atoms with Crippen LogP contribution in [0.2, 0.25) is 0 Å². The van der Waals surface area contributed by atoms with E-state index in [0.717, 1.165) is 17.5 Å². The van der Waals surface area contributed by atoms with Gasteiger partial charge in [0, 0.05) is 12.6 Å². The maximum absolute atomic E-state index is 13.3. The number of nitrogens with one attached hydrogen (secondary N) is 1. The van der Waals surface area contributed by atoms with Gasteiger partial charge in [-0.2, -0.15) is 0 Å². The van der Waals surface area contributed by atoms with Gasteiger partial charge in [-0.3, -0.25) is 9.59 Å². The average Bonchev–Trinajstić information content (AvgIpc) is 2.77. The Kier molecular flexibility index (Phi) is 9.51. The van der Waals surface area contributed by atoms with Crippen molar-refractivity contribution in [2.75, 3.05) is 6.61 Å². The lowest BCUT2D eigenvalue weighted by Gasteiger charge is -2.31. The number of hydrogen-bond acceptors (Lipinski definition) is 3. The van der Waals surface area contributed by atoms with Crippen molar-refractivity contribution in [3.05, 3.63) is 65.2 Å². The Balaban J connectivity index is 2.20. The van der Waals surface area contributed by atoms with Gasteiger partial charge in [0.15, 0.2) is 6.61 Å². The third-order valence-corrected chi connectivity index (χ3v) is 5.91. The first-order valence-electron chi connectivity index (χ1n) is 11.9. The summed E-state index contributed by atoms with van der Waals surface area (Å²) in [6.45, 7) is 14.7. The monoisotopic (exact) mass is 452 g/mol. The topological polar surface area (TPSA) is 58.6 Å². The highest BCUT2D eigenvalue weighted by atomic mass is 16.5. The van der Waals surface area contributed by atoms with E-state index in [1.54, 1.807) is 4.90 Å². The number of amides is 2. The van der Waals surface area contributed by atoms with E-state index in [2.05, 4.69) is 26.1 Å². The third kappa shape index (κ3) is 7.92. The van der Waals surface area contributed by atoms with Crippen molar-refractivity contribution >= 4 is 11.8 Å². The molecule has 1 N–H and O–H groups in total. The fourth-order valence-corrected chi connectivity index (χ4v) is 3.65. The van der Waals surface area contributed by atoms with Crippen LogP contribution < -0.4 is 10.1 Å². The van der Waals surface area contributed by atoms with Gasteiger partial charge in [0.1, 0.15) is 11.8 Å². The minimum atomic E-state index is -0.557. The van der Waals surface area contributed by atoms with E-state index >= 15 is 0 Å². The quantitative estimate of drug-likeness (QED) is 0.526. The molecule has 0 bridgehead atoms. The van der Waals surface area contributed by atoms with Crippen molar-refractivity contribution in [1.82, 2.24) is 10.2 Å². The van der Waals surface area contributed by atoms with Crippen LogP contribution in [0.1, 0.15) is 71.1 Å². The Hall–Kier alpha value is -2.82. The summed E-state index contributed by atoms with van der Waals surface area (Å²) < 4.78 is 5.83. The lowest BCUT2D eigenvalue weighted by atomic mass is 9.87. The fourth-order valence-electron chi connectivity index (χ4n) is 3.65. The lowest BCUT2D eigenvalue weighted by Crippen LogP contribution is -2.51. The molecule has 33 heavy (non-hydrogen) atoms. The number of aryl methyl sites for hydroxylation is 1. The number of hydrogen-bond donors (Lipinski definition) is 1. The molecule has 0 spiro atoms. The van der Waals surface area contributed by atoms with Gasteiger partial charge in [0.2, 0.25) is 5.91 Å². The molecule has 180 valence electrons. The minimum absolute atomic E-state index is 0.0519. The van der Waals surface area contributed by atoms with Crippen molar-refractivity contribution < 1.29 is 14.3 Å². The van der Waals surface area contributed by atoms with Gasteiger partial charge in [0.05, 0.1) is 0 Å². The van der Waals surface area contributed by atoms with Gasteiger partial charge in [-0.05, 0) is 55.4 Å². The summed E-state index contributed by atoms with van der Waals surface area (Å²) in [7, 11) is 0. The number of nitrogens with zero attached hydrogens (tertiary/aromatic N) is 1. The molecule has 0 saturated carbocycles. The first-order chi connectivity index (χ1) is 15.5. The normalized spacial score (nSPS) is 13.2. The molecule has 2 rings (SSSR count). The van der Waals surface area contributed by atoms with Crippen molar-refractivity contribution in [3.8, 4) is 5.75 Å². The zero-order valence-corrected chi connectivity index (χ0v) is 21.3. The highest BCUT2D eigenvalue weighted by molar-refractivity contribution is 5.88. The van der Waals surface area contributed by atoms with Gasteiger partial charge in [-0.25, -0.2) is 0 Å². The SMILES string of the molecule is CC[C@H](C(=O)N[C@@H](C)CC)N(Cc1cccc(C)c1)C(=O)COc1ccc(C(C)(C)C)cc1. The highest BCUT2D eigenvalue weighted by Gasteiger charge is 2.29. The van der Waals surface area contributed by atoms with E-state index in [1.165, 1.54) is 5.56 Å². The second-order valence-electron chi connectivity index (χ2n) is 9.82. The van der Waals surface area contributed by atoms with Gasteiger partial charge >= 0.3 is 0 Å². The Morgan fingerprint density at radius 1 is 1.03 bits per heavy atom. The van der Waals surface area contributed by atoms with Crippen LogP contribution in [0.15, 0.2) is 48.5 Å². The smallest absolute Gasteiger partial charge is 0.261 e. The van der Waals surface area contributed by atoms with Crippen molar-refractivity contribution in [2.24, 2.45) is 0 Å². The Labute approximate surface area is 199 Å². The molecule has 0 aromatic heterocycles. The average molecular weight is 453 g/mol. The predicted molar refractivity (Wildman–Crippen MR) is 134 cm³/mol. The number of carbonyl (C=O) groups is 2. The van der Waals surface area contributed by atoms with Crippen LogP contribution in [0.3, 0.4) is 0 Å². The summed E-state index contributed by atoms with van der Waals surface area (Å²) >= 11 is 0. The molecule has 0 aliphatic rings. The zero-order valence-electron chi connectivity index (χ0n) is 21.3. The number of ether oxygens (including phenoxy) is 1. The third-order valence-electron chi connectivity index (χ3n) is 5.91. The number of benzene rings is 2. The minimum Gasteiger partial charge on any atom is -0.484 e. The summed E-state index contributed by atoms with van der Waals surface area (Å²) in [6, 6.07) is 15.4. The van der Waals surface area contributed by atoms with Crippen LogP contribution in [0.5, 0.6) is 5.75 Å². The number of carbonyl (C=O) groups excluding carboxylic acids is 2. The van der Waals surface area contributed by atoms with E-state index in [-0.39, 0.29) is 29.9 Å². The first-order valence-corrected chi connectivity index (χ1v) is 11.9. The highest BCUT2D eigenvalue weighted by Crippen LogP contribution is 2.24. The molecule has 0 fully saturated rings. The molecule has 2 aromatic rings. The molecule has 2 aromatic carbocycles. The van der Waals surface area contributed by atoms with Crippen LogP contribution in [-0.2, 0) is 21.5 Å². The summed E-state index contributed by atoms with van der Waals surface area (Å²) in [4.78, 5) is 28.0. The van der Waals surface area contributed by atoms with E-state index < -0.39 is 6.04 Å². The van der Waals surface area contributed by atoms with Crippen LogP contribution in [0.4, 0.5) is 0 Å². The summed E-state index contributed by atoms with van der Waals surface area (Å²) in [5.41, 5.74) is 3.37. The van der Waals surface area contributed by atoms with Crippen LogP contribution >= 0.6 is 0 Å². The largest absolute Gasteiger partial charge is 0.484 e. The second-order valence-corrected chi connectivity index (χ2v) is 9.82. The zero-order chi connectivity index (χ0) is 24.6. The summed E-state index contributed by atoms with van der Waals surface area (Å²) in [6.07, 6.45) is 1.36. The Morgan fingerprint density at radius 3 is 2.24 bits per heavy atom. The standard InChI is InChI=1S/C28H40N2O3/c1-8-21(4)29-27(32)25(9-2)30(18-22-12-10-11-20(3)17-22)26(31)19-33-24-15-13-23(14-16-24)28(5,6)7/h10-17,21,25H,8-9,18-19H2,1-7H3,(H,29,32)/t21-,25+/m0/s1. The van der Waals surface area contributed by atoms with Crippen LogP contribution in [0.25, 0.3) is 0 Å². The second kappa shape index (κ2) is 11.9. The maximum Gasteiger partial charge on any atom is 0.261 e. The van der Waals surface area contributed by atoms with Gasteiger partial charge in [-0.1, -0.05) is 76.6 Å². The molecule has 0 radical (unpaired) electrons. The number of rotatable bonds is 10. The van der Waals surface area contributed by atoms with E-state index in [4.69, 9.17) is 4.74 Å². The van der Waals surface area contributed by atoms with Crippen LogP contribution in [-0.4, -0.2) is 35.4 Å². The first kappa shape index (κ1) is 26.4. The van der Waals surface area contributed by atoms with Crippen molar-refractivity contribution in [3.63, 3.8) is 0 Å². The molecule has 0 saturated heterocycles. The molecular formula is C28H40N2O3. The maximum atomic E-state index is 13.3.